The van der Waals surface area contributed by atoms with Gasteiger partial charge in [0, 0.05) is 23.3 Å². The van der Waals surface area contributed by atoms with E-state index in [1.54, 1.807) is 12.3 Å². The minimum atomic E-state index is 0.150. The normalized spacial score (nSPS) is 13.5. The lowest BCUT2D eigenvalue weighted by Crippen LogP contribution is -2.13. The Labute approximate surface area is 136 Å². The van der Waals surface area contributed by atoms with Gasteiger partial charge in [0.2, 0.25) is 0 Å². The summed E-state index contributed by atoms with van der Waals surface area (Å²) >= 11 is 0. The van der Waals surface area contributed by atoms with Gasteiger partial charge in [-0.25, -0.2) is 4.99 Å². The molecule has 24 heavy (non-hydrogen) atoms. The van der Waals surface area contributed by atoms with Gasteiger partial charge in [0.15, 0.2) is 5.88 Å². The number of hydrogen-bond acceptors (Lipinski definition) is 2. The van der Waals surface area contributed by atoms with Gasteiger partial charge in [-0.15, -0.1) is 0 Å². The maximum absolute atomic E-state index is 9.31. The Balaban J connectivity index is 1.79. The van der Waals surface area contributed by atoms with E-state index < -0.39 is 0 Å². The molecule has 3 aromatic rings. The van der Waals surface area contributed by atoms with Crippen molar-refractivity contribution in [2.24, 2.45) is 4.99 Å². The van der Waals surface area contributed by atoms with Crippen LogP contribution in [-0.2, 0) is 0 Å². The third-order valence-corrected chi connectivity index (χ3v) is 3.48. The summed E-state index contributed by atoms with van der Waals surface area (Å²) in [5.41, 5.74) is 8.07. The molecule has 0 saturated carbocycles. The number of nitrogens with zero attached hydrogens (tertiary/aromatic N) is 1. The average Bonchev–Trinajstić information content (AvgIpc) is 3.32. The van der Waals surface area contributed by atoms with E-state index in [0.717, 1.165) is 32.8 Å². The van der Waals surface area contributed by atoms with Crippen molar-refractivity contribution in [3.8, 4) is 5.88 Å². The van der Waals surface area contributed by atoms with Crippen LogP contribution < -0.4 is 21.4 Å². The summed E-state index contributed by atoms with van der Waals surface area (Å²) in [6.07, 6.45) is 7.43. The zero-order valence-electron chi connectivity index (χ0n) is 12.7. The Morgan fingerprint density at radius 3 is 2.42 bits per heavy atom. The van der Waals surface area contributed by atoms with Crippen LogP contribution in [0.3, 0.4) is 0 Å². The molecule has 0 amide bonds. The van der Waals surface area contributed by atoms with Crippen molar-refractivity contribution in [1.82, 2.24) is 15.0 Å². The van der Waals surface area contributed by atoms with E-state index >= 15 is 0 Å². The van der Waals surface area contributed by atoms with Crippen LogP contribution in [0.4, 0.5) is 0 Å². The molecule has 0 fully saturated rings. The molecule has 4 N–H and O–H groups in total. The van der Waals surface area contributed by atoms with E-state index in [4.69, 9.17) is 0 Å². The molecule has 0 saturated heterocycles. The molecule has 3 aromatic heterocycles. The maximum Gasteiger partial charge on any atom is 0.188 e. The first-order valence-corrected chi connectivity index (χ1v) is 7.47. The molecule has 0 spiro atoms. The lowest BCUT2D eigenvalue weighted by atomic mass is 10.4. The Bertz CT molecular complexity index is 1220. The molecule has 1 aliphatic rings. The lowest BCUT2D eigenvalue weighted by molar-refractivity contribution is 0.457. The fourth-order valence-corrected chi connectivity index (χ4v) is 2.42. The van der Waals surface area contributed by atoms with Gasteiger partial charge in [0.1, 0.15) is 5.70 Å². The van der Waals surface area contributed by atoms with Gasteiger partial charge >= 0.3 is 0 Å². The van der Waals surface area contributed by atoms with Crippen LogP contribution in [0.25, 0.3) is 17.5 Å². The van der Waals surface area contributed by atoms with Crippen molar-refractivity contribution in [3.05, 3.63) is 81.3 Å². The second kappa shape index (κ2) is 5.86. The highest BCUT2D eigenvalue weighted by molar-refractivity contribution is 5.78. The number of aliphatic imine (C=N–C) groups is 1. The number of nitrogens with one attached hydrogen (secondary N) is 3. The van der Waals surface area contributed by atoms with E-state index in [9.17, 15) is 5.11 Å². The van der Waals surface area contributed by atoms with E-state index in [0.29, 0.717) is 0 Å². The Morgan fingerprint density at radius 1 is 0.875 bits per heavy atom. The molecule has 4 heterocycles. The largest absolute Gasteiger partial charge is 0.495 e. The van der Waals surface area contributed by atoms with Crippen LogP contribution in [0.2, 0.25) is 0 Å². The fourth-order valence-electron chi connectivity index (χ4n) is 2.42. The molecule has 1 aliphatic heterocycles. The number of aromatic hydroxyl groups is 1. The predicted molar refractivity (Wildman–Crippen MR) is 93.2 cm³/mol. The first-order valence-electron chi connectivity index (χ1n) is 7.47. The number of aromatic amines is 3. The summed E-state index contributed by atoms with van der Waals surface area (Å²) in [5, 5.41) is 12.8. The van der Waals surface area contributed by atoms with Crippen molar-refractivity contribution >= 4 is 23.8 Å². The summed E-state index contributed by atoms with van der Waals surface area (Å²) in [5.74, 6) is 0.150. The number of hydrogen-bond donors (Lipinski definition) is 4. The maximum atomic E-state index is 9.31. The zero-order valence-corrected chi connectivity index (χ0v) is 12.7. The number of allylic oxidation sites excluding steroid dienone is 2. The number of aromatic nitrogens is 3. The third kappa shape index (κ3) is 3.08. The molecule has 116 valence electrons. The second-order valence-corrected chi connectivity index (χ2v) is 5.33. The number of rotatable bonds is 1. The van der Waals surface area contributed by atoms with Crippen LogP contribution >= 0.6 is 0 Å². The first kappa shape index (κ1) is 14.0. The van der Waals surface area contributed by atoms with Gasteiger partial charge in [0.05, 0.1) is 16.0 Å². The average molecular weight is 314 g/mol. The Hall–Kier alpha value is -3.65. The van der Waals surface area contributed by atoms with Crippen LogP contribution in [0.1, 0.15) is 5.69 Å². The molecule has 0 aromatic carbocycles. The van der Waals surface area contributed by atoms with Gasteiger partial charge in [-0.3, -0.25) is 0 Å². The highest BCUT2D eigenvalue weighted by atomic mass is 16.3. The van der Waals surface area contributed by atoms with E-state index in [1.165, 1.54) is 0 Å². The first-order chi connectivity index (χ1) is 11.7. The molecular weight excluding hydrogens is 300 g/mol. The van der Waals surface area contributed by atoms with Crippen LogP contribution in [0.15, 0.2) is 59.2 Å². The molecule has 0 atom stereocenters. The van der Waals surface area contributed by atoms with Crippen molar-refractivity contribution in [1.29, 1.82) is 0 Å². The molecule has 5 heteroatoms. The lowest BCUT2D eigenvalue weighted by Gasteiger charge is -1.83. The van der Waals surface area contributed by atoms with Crippen molar-refractivity contribution < 1.29 is 5.11 Å². The van der Waals surface area contributed by atoms with Crippen LogP contribution in [0.5, 0.6) is 5.88 Å². The van der Waals surface area contributed by atoms with Crippen molar-refractivity contribution in [2.75, 3.05) is 0 Å². The minimum Gasteiger partial charge on any atom is -0.495 e. The van der Waals surface area contributed by atoms with Gasteiger partial charge in [0.25, 0.3) is 0 Å². The van der Waals surface area contributed by atoms with Crippen LogP contribution in [-0.4, -0.2) is 26.3 Å². The molecule has 5 nitrogen and oxygen atoms in total. The molecular formula is C19H14N4O. The standard InChI is InChI=1S/C19H14N4O/c24-19-8-7-18(23-19)12-17-6-5-16(22-17)11-15-4-3-14(21-15)10-13-2-1-9-20-13/h1-9,12,21-24H. The molecule has 4 rings (SSSR count). The van der Waals surface area contributed by atoms with E-state index in [1.807, 2.05) is 48.6 Å². The second-order valence-electron chi connectivity index (χ2n) is 5.33. The molecule has 0 bridgehead atoms. The van der Waals surface area contributed by atoms with Gasteiger partial charge < -0.3 is 20.1 Å². The minimum absolute atomic E-state index is 0.150. The Morgan fingerprint density at radius 2 is 1.67 bits per heavy atom. The van der Waals surface area contributed by atoms with Gasteiger partial charge in [-0.05, 0) is 48.6 Å². The topological polar surface area (TPSA) is 80.0 Å². The zero-order chi connectivity index (χ0) is 16.4. The van der Waals surface area contributed by atoms with Crippen LogP contribution in [0, 0.1) is 0 Å². The fraction of sp³-hybridized carbons (Fsp3) is 0. The highest BCUT2D eigenvalue weighted by Gasteiger charge is 1.92. The summed E-state index contributed by atoms with van der Waals surface area (Å²) in [6, 6.07) is 11.2. The molecule has 0 aliphatic carbocycles. The summed E-state index contributed by atoms with van der Waals surface area (Å²) in [4.78, 5) is 13.5. The SMILES string of the molecule is Oc1ccc(C=c2ccc(=C=c3ccc(=C=C4C=CC=N4)[nH]3)[nH]2)[nH]1. The monoisotopic (exact) mass is 314 g/mol. The smallest absolute Gasteiger partial charge is 0.188 e. The summed E-state index contributed by atoms with van der Waals surface area (Å²) < 4.78 is 0. The van der Waals surface area contributed by atoms with E-state index in [2.05, 4.69) is 31.4 Å². The molecule has 0 unspecified atom stereocenters. The van der Waals surface area contributed by atoms with E-state index in [-0.39, 0.29) is 5.88 Å². The predicted octanol–water partition coefficient (Wildman–Crippen LogP) is -0.140. The van der Waals surface area contributed by atoms with Crippen molar-refractivity contribution in [3.63, 3.8) is 0 Å². The quantitative estimate of drug-likeness (QED) is 0.496. The summed E-state index contributed by atoms with van der Waals surface area (Å²) in [6.45, 7) is 0. The summed E-state index contributed by atoms with van der Waals surface area (Å²) in [7, 11) is 0. The Kier molecular flexibility index (Phi) is 3.41. The number of H-pyrrole nitrogens is 3. The van der Waals surface area contributed by atoms with Crippen molar-refractivity contribution in [2.45, 2.75) is 0 Å². The third-order valence-electron chi connectivity index (χ3n) is 3.48. The highest BCUT2D eigenvalue weighted by Crippen LogP contribution is 2.06. The van der Waals surface area contributed by atoms with Gasteiger partial charge in [-0.2, -0.15) is 0 Å². The van der Waals surface area contributed by atoms with Gasteiger partial charge in [-0.1, -0.05) is 11.5 Å². The molecule has 0 radical (unpaired) electrons.